The van der Waals surface area contributed by atoms with Crippen molar-refractivity contribution < 1.29 is 4.74 Å². The van der Waals surface area contributed by atoms with E-state index in [4.69, 9.17) is 10.5 Å². The first kappa shape index (κ1) is 15.1. The van der Waals surface area contributed by atoms with Gasteiger partial charge in [-0.1, -0.05) is 34.1 Å². The van der Waals surface area contributed by atoms with Crippen LogP contribution < -0.4 is 10.5 Å². The van der Waals surface area contributed by atoms with E-state index in [2.05, 4.69) is 35.0 Å². The molecule has 0 fully saturated rings. The number of ether oxygens (including phenoxy) is 1. The van der Waals surface area contributed by atoms with Gasteiger partial charge in [-0.05, 0) is 62.1 Å². The topological polar surface area (TPSA) is 35.2 Å². The van der Waals surface area contributed by atoms with Crippen LogP contribution in [0.15, 0.2) is 40.9 Å². The molecule has 0 radical (unpaired) electrons. The van der Waals surface area contributed by atoms with Crippen molar-refractivity contribution in [3.8, 4) is 11.5 Å². The van der Waals surface area contributed by atoms with Crippen LogP contribution in [0.25, 0.3) is 0 Å². The normalized spacial score (nSPS) is 12.2. The summed E-state index contributed by atoms with van der Waals surface area (Å²) in [6.07, 6.45) is 0.886. The summed E-state index contributed by atoms with van der Waals surface area (Å²) in [4.78, 5) is 0. The van der Waals surface area contributed by atoms with Crippen molar-refractivity contribution in [3.63, 3.8) is 0 Å². The average molecular weight is 334 g/mol. The Morgan fingerprint density at radius 3 is 2.45 bits per heavy atom. The molecule has 0 aromatic heterocycles. The van der Waals surface area contributed by atoms with E-state index in [1.807, 2.05) is 38.1 Å². The van der Waals surface area contributed by atoms with Crippen LogP contribution in [-0.2, 0) is 6.42 Å². The summed E-state index contributed by atoms with van der Waals surface area (Å²) in [5, 5.41) is 0. The van der Waals surface area contributed by atoms with Crippen LogP contribution in [0.2, 0.25) is 0 Å². The molecule has 3 heteroatoms. The molecule has 0 aliphatic carbocycles. The third-order valence-electron chi connectivity index (χ3n) is 3.17. The highest BCUT2D eigenvalue weighted by molar-refractivity contribution is 9.10. The van der Waals surface area contributed by atoms with Gasteiger partial charge in [-0.15, -0.1) is 0 Å². The summed E-state index contributed by atoms with van der Waals surface area (Å²) in [5.41, 5.74) is 9.33. The predicted molar refractivity (Wildman–Crippen MR) is 87.5 cm³/mol. The Morgan fingerprint density at radius 1 is 1.05 bits per heavy atom. The fraction of sp³-hybridized carbons (Fsp3) is 0.294. The van der Waals surface area contributed by atoms with Gasteiger partial charge in [0.2, 0.25) is 0 Å². The van der Waals surface area contributed by atoms with Crippen LogP contribution in [0, 0.1) is 13.8 Å². The number of aryl methyl sites for hydroxylation is 2. The van der Waals surface area contributed by atoms with Crippen molar-refractivity contribution in [1.82, 2.24) is 0 Å². The van der Waals surface area contributed by atoms with E-state index in [9.17, 15) is 0 Å². The molecule has 0 bridgehead atoms. The Morgan fingerprint density at radius 2 is 1.80 bits per heavy atom. The van der Waals surface area contributed by atoms with Crippen molar-refractivity contribution >= 4 is 15.9 Å². The summed E-state index contributed by atoms with van der Waals surface area (Å²) < 4.78 is 7.04. The first-order valence-electron chi connectivity index (χ1n) is 6.75. The molecule has 2 nitrogen and oxygen atoms in total. The SMILES string of the molecule is Cc1cc(CC(C)N)ccc1Oc1cc(Br)ccc1C. The second kappa shape index (κ2) is 6.42. The molecule has 1 unspecified atom stereocenters. The maximum atomic E-state index is 6.02. The van der Waals surface area contributed by atoms with E-state index in [0.29, 0.717) is 0 Å². The van der Waals surface area contributed by atoms with E-state index in [0.717, 1.165) is 33.5 Å². The zero-order valence-electron chi connectivity index (χ0n) is 12.1. The lowest BCUT2D eigenvalue weighted by Gasteiger charge is -2.13. The van der Waals surface area contributed by atoms with E-state index in [1.165, 1.54) is 5.56 Å². The minimum Gasteiger partial charge on any atom is -0.457 e. The molecule has 1 atom stereocenters. The molecule has 2 aromatic rings. The lowest BCUT2D eigenvalue weighted by Crippen LogP contribution is -2.17. The van der Waals surface area contributed by atoms with Gasteiger partial charge in [-0.2, -0.15) is 0 Å². The standard InChI is InChI=1S/C17H20BrNO/c1-11-4-6-15(18)10-17(11)20-16-7-5-14(8-12(16)2)9-13(3)19/h4-8,10,13H,9,19H2,1-3H3. The van der Waals surface area contributed by atoms with Gasteiger partial charge >= 0.3 is 0 Å². The number of halogens is 1. The first-order chi connectivity index (χ1) is 9.45. The van der Waals surface area contributed by atoms with Gasteiger partial charge in [-0.3, -0.25) is 0 Å². The van der Waals surface area contributed by atoms with E-state index >= 15 is 0 Å². The minimum absolute atomic E-state index is 0.175. The minimum atomic E-state index is 0.175. The number of nitrogens with two attached hydrogens (primary N) is 1. The summed E-state index contributed by atoms with van der Waals surface area (Å²) in [6, 6.07) is 12.5. The molecule has 2 N–H and O–H groups in total. The van der Waals surface area contributed by atoms with Crippen LogP contribution in [0.5, 0.6) is 11.5 Å². The van der Waals surface area contributed by atoms with Gasteiger partial charge < -0.3 is 10.5 Å². The van der Waals surface area contributed by atoms with Crippen LogP contribution in [0.4, 0.5) is 0 Å². The average Bonchev–Trinajstić information content (AvgIpc) is 2.36. The molecule has 0 saturated heterocycles. The highest BCUT2D eigenvalue weighted by atomic mass is 79.9. The van der Waals surface area contributed by atoms with E-state index < -0.39 is 0 Å². The van der Waals surface area contributed by atoms with Gasteiger partial charge in [0.15, 0.2) is 0 Å². The number of rotatable bonds is 4. The molecule has 20 heavy (non-hydrogen) atoms. The van der Waals surface area contributed by atoms with E-state index in [-0.39, 0.29) is 6.04 Å². The van der Waals surface area contributed by atoms with Crippen molar-refractivity contribution in [3.05, 3.63) is 57.6 Å². The fourth-order valence-electron chi connectivity index (χ4n) is 2.13. The second-order valence-corrected chi connectivity index (χ2v) is 6.21. The summed E-state index contributed by atoms with van der Waals surface area (Å²) in [6.45, 7) is 6.12. The second-order valence-electron chi connectivity index (χ2n) is 5.29. The molecule has 0 heterocycles. The summed E-state index contributed by atoms with van der Waals surface area (Å²) >= 11 is 3.47. The molecule has 0 aliphatic heterocycles. The lowest BCUT2D eigenvalue weighted by atomic mass is 10.0. The zero-order valence-corrected chi connectivity index (χ0v) is 13.7. The van der Waals surface area contributed by atoms with Crippen molar-refractivity contribution in [2.75, 3.05) is 0 Å². The quantitative estimate of drug-likeness (QED) is 0.876. The molecule has 0 aliphatic rings. The molecule has 2 rings (SSSR count). The Bertz CT molecular complexity index is 608. The highest BCUT2D eigenvalue weighted by Crippen LogP contribution is 2.30. The number of hydrogen-bond acceptors (Lipinski definition) is 2. The maximum Gasteiger partial charge on any atom is 0.131 e. The summed E-state index contributed by atoms with van der Waals surface area (Å²) in [5.74, 6) is 1.77. The lowest BCUT2D eigenvalue weighted by molar-refractivity contribution is 0.474. The Kier molecular flexibility index (Phi) is 4.84. The van der Waals surface area contributed by atoms with Crippen LogP contribution in [-0.4, -0.2) is 6.04 Å². The van der Waals surface area contributed by atoms with Crippen LogP contribution in [0.1, 0.15) is 23.6 Å². The highest BCUT2D eigenvalue weighted by Gasteiger charge is 2.07. The number of benzene rings is 2. The fourth-order valence-corrected chi connectivity index (χ4v) is 2.47. The maximum absolute atomic E-state index is 6.02. The van der Waals surface area contributed by atoms with Gasteiger partial charge in [0.25, 0.3) is 0 Å². The molecule has 0 amide bonds. The van der Waals surface area contributed by atoms with Crippen molar-refractivity contribution in [1.29, 1.82) is 0 Å². The van der Waals surface area contributed by atoms with Crippen LogP contribution >= 0.6 is 15.9 Å². The van der Waals surface area contributed by atoms with Crippen molar-refractivity contribution in [2.45, 2.75) is 33.2 Å². The van der Waals surface area contributed by atoms with Crippen molar-refractivity contribution in [2.24, 2.45) is 5.73 Å². The number of hydrogen-bond donors (Lipinski definition) is 1. The third-order valence-corrected chi connectivity index (χ3v) is 3.66. The molecular weight excluding hydrogens is 314 g/mol. The Hall–Kier alpha value is -1.32. The molecule has 106 valence electrons. The predicted octanol–water partition coefficient (Wildman–Crippen LogP) is 4.75. The molecule has 2 aromatic carbocycles. The zero-order chi connectivity index (χ0) is 14.7. The monoisotopic (exact) mass is 333 g/mol. The smallest absolute Gasteiger partial charge is 0.131 e. The molecule has 0 spiro atoms. The van der Waals surface area contributed by atoms with Crippen LogP contribution in [0.3, 0.4) is 0 Å². The Balaban J connectivity index is 2.23. The third kappa shape index (κ3) is 3.84. The van der Waals surface area contributed by atoms with Gasteiger partial charge in [0, 0.05) is 10.5 Å². The molecule has 0 saturated carbocycles. The van der Waals surface area contributed by atoms with Gasteiger partial charge in [0.1, 0.15) is 11.5 Å². The molecular formula is C17H20BrNO. The van der Waals surface area contributed by atoms with Gasteiger partial charge in [-0.25, -0.2) is 0 Å². The first-order valence-corrected chi connectivity index (χ1v) is 7.54. The summed E-state index contributed by atoms with van der Waals surface area (Å²) in [7, 11) is 0. The van der Waals surface area contributed by atoms with Gasteiger partial charge in [0.05, 0.1) is 0 Å². The largest absolute Gasteiger partial charge is 0.457 e. The Labute approximate surface area is 129 Å². The van der Waals surface area contributed by atoms with E-state index in [1.54, 1.807) is 0 Å².